The van der Waals surface area contributed by atoms with E-state index in [2.05, 4.69) is 28.6 Å². The van der Waals surface area contributed by atoms with E-state index in [1.807, 2.05) is 29.9 Å². The maximum Gasteiger partial charge on any atom is 0.112 e. The Morgan fingerprint density at radius 1 is 1.33 bits per heavy atom. The molecule has 1 N–H and O–H groups in total. The van der Waals surface area contributed by atoms with E-state index >= 15 is 0 Å². The molecule has 0 saturated carbocycles. The summed E-state index contributed by atoms with van der Waals surface area (Å²) in [7, 11) is 1.97. The number of benzene rings is 1. The van der Waals surface area contributed by atoms with Crippen molar-refractivity contribution in [1.29, 1.82) is 0 Å². The Morgan fingerprint density at radius 3 is 2.89 bits per heavy atom. The third kappa shape index (κ3) is 2.17. The summed E-state index contributed by atoms with van der Waals surface area (Å²) in [5.41, 5.74) is 3.27. The van der Waals surface area contributed by atoms with E-state index in [-0.39, 0.29) is 6.10 Å². The molecular weight excluding hydrogens is 226 g/mol. The van der Waals surface area contributed by atoms with Crippen molar-refractivity contribution in [1.82, 2.24) is 15.1 Å². The molecule has 0 bridgehead atoms. The van der Waals surface area contributed by atoms with Crippen molar-refractivity contribution in [2.45, 2.75) is 6.10 Å². The van der Waals surface area contributed by atoms with Gasteiger partial charge in [0.05, 0.1) is 18.0 Å². The quantitative estimate of drug-likeness (QED) is 0.873. The summed E-state index contributed by atoms with van der Waals surface area (Å²) in [6, 6.07) is 12.3. The normalized spacial score (nSPS) is 19.9. The van der Waals surface area contributed by atoms with E-state index in [4.69, 9.17) is 4.74 Å². The number of hydrogen-bond donors (Lipinski definition) is 1. The van der Waals surface area contributed by atoms with Gasteiger partial charge in [-0.3, -0.25) is 4.68 Å². The third-order valence-electron chi connectivity index (χ3n) is 3.24. The van der Waals surface area contributed by atoms with Crippen LogP contribution in [-0.2, 0) is 11.8 Å². The summed E-state index contributed by atoms with van der Waals surface area (Å²) in [6.07, 6.45) is 0.105. The van der Waals surface area contributed by atoms with Crippen LogP contribution >= 0.6 is 0 Å². The van der Waals surface area contributed by atoms with Crippen LogP contribution in [0.2, 0.25) is 0 Å². The molecule has 0 radical (unpaired) electrons. The number of ether oxygens (including phenoxy) is 1. The average molecular weight is 243 g/mol. The molecule has 0 aliphatic carbocycles. The molecule has 4 heteroatoms. The zero-order valence-corrected chi connectivity index (χ0v) is 10.5. The van der Waals surface area contributed by atoms with Gasteiger partial charge in [0.2, 0.25) is 0 Å². The van der Waals surface area contributed by atoms with Gasteiger partial charge in [-0.15, -0.1) is 0 Å². The van der Waals surface area contributed by atoms with Crippen LogP contribution in [0.5, 0.6) is 0 Å². The highest BCUT2D eigenvalue weighted by Gasteiger charge is 2.20. The Morgan fingerprint density at radius 2 is 2.17 bits per heavy atom. The molecular formula is C14H17N3O. The standard InChI is InChI=1S/C14H17N3O/c1-17-13(14-10-15-7-8-18-14)9-12(16-17)11-5-3-2-4-6-11/h2-6,9,14-15H,7-8,10H2,1H3. The van der Waals surface area contributed by atoms with Crippen molar-refractivity contribution in [2.75, 3.05) is 19.7 Å². The minimum absolute atomic E-state index is 0.105. The molecule has 0 spiro atoms. The van der Waals surface area contributed by atoms with Gasteiger partial charge in [0, 0.05) is 25.7 Å². The number of nitrogens with zero attached hydrogens (tertiary/aromatic N) is 2. The zero-order chi connectivity index (χ0) is 12.4. The number of hydrogen-bond acceptors (Lipinski definition) is 3. The van der Waals surface area contributed by atoms with Crippen molar-refractivity contribution in [3.63, 3.8) is 0 Å². The second-order valence-electron chi connectivity index (χ2n) is 4.51. The Hall–Kier alpha value is -1.65. The van der Waals surface area contributed by atoms with Crippen LogP contribution in [0.15, 0.2) is 36.4 Å². The maximum atomic E-state index is 5.77. The Labute approximate surface area is 107 Å². The monoisotopic (exact) mass is 243 g/mol. The van der Waals surface area contributed by atoms with Gasteiger partial charge in [-0.05, 0) is 6.07 Å². The van der Waals surface area contributed by atoms with Crippen molar-refractivity contribution in [3.8, 4) is 11.3 Å². The molecule has 4 nitrogen and oxygen atoms in total. The van der Waals surface area contributed by atoms with Gasteiger partial charge in [0.1, 0.15) is 6.10 Å². The topological polar surface area (TPSA) is 39.1 Å². The van der Waals surface area contributed by atoms with Crippen LogP contribution in [-0.4, -0.2) is 29.5 Å². The number of aromatic nitrogens is 2. The van der Waals surface area contributed by atoms with E-state index in [1.54, 1.807) is 0 Å². The first kappa shape index (κ1) is 11.4. The van der Waals surface area contributed by atoms with Gasteiger partial charge in [-0.25, -0.2) is 0 Å². The summed E-state index contributed by atoms with van der Waals surface area (Å²) in [4.78, 5) is 0. The van der Waals surface area contributed by atoms with Gasteiger partial charge in [-0.1, -0.05) is 30.3 Å². The predicted octanol–water partition coefficient (Wildman–Crippen LogP) is 1.75. The van der Waals surface area contributed by atoms with E-state index in [0.29, 0.717) is 0 Å². The molecule has 1 aliphatic heterocycles. The molecule has 1 aliphatic rings. The lowest BCUT2D eigenvalue weighted by atomic mass is 10.1. The summed E-state index contributed by atoms with van der Waals surface area (Å²) in [5.74, 6) is 0. The third-order valence-corrected chi connectivity index (χ3v) is 3.24. The van der Waals surface area contributed by atoms with E-state index in [0.717, 1.165) is 36.6 Å². The molecule has 1 fully saturated rings. The lowest BCUT2D eigenvalue weighted by Crippen LogP contribution is -2.34. The molecule has 94 valence electrons. The molecule has 1 saturated heterocycles. The van der Waals surface area contributed by atoms with Gasteiger partial charge in [0.15, 0.2) is 0 Å². The second kappa shape index (κ2) is 4.92. The number of rotatable bonds is 2. The minimum atomic E-state index is 0.105. The highest BCUT2D eigenvalue weighted by atomic mass is 16.5. The van der Waals surface area contributed by atoms with E-state index < -0.39 is 0 Å². The average Bonchev–Trinajstić information content (AvgIpc) is 2.83. The van der Waals surface area contributed by atoms with Crippen molar-refractivity contribution in [3.05, 3.63) is 42.1 Å². The Bertz CT molecular complexity index is 515. The molecule has 18 heavy (non-hydrogen) atoms. The molecule has 3 rings (SSSR count). The van der Waals surface area contributed by atoms with Crippen LogP contribution in [0.3, 0.4) is 0 Å². The SMILES string of the molecule is Cn1nc(-c2ccccc2)cc1C1CNCCO1. The van der Waals surface area contributed by atoms with Gasteiger partial charge in [0.25, 0.3) is 0 Å². The fraction of sp³-hybridized carbons (Fsp3) is 0.357. The van der Waals surface area contributed by atoms with Crippen LogP contribution in [0.25, 0.3) is 11.3 Å². The minimum Gasteiger partial charge on any atom is -0.369 e. The Balaban J connectivity index is 1.91. The first-order valence-corrected chi connectivity index (χ1v) is 6.26. The highest BCUT2D eigenvalue weighted by molar-refractivity contribution is 5.59. The molecule has 1 unspecified atom stereocenters. The smallest absolute Gasteiger partial charge is 0.112 e. The number of aryl methyl sites for hydroxylation is 1. The highest BCUT2D eigenvalue weighted by Crippen LogP contribution is 2.24. The van der Waals surface area contributed by atoms with Crippen LogP contribution in [0.4, 0.5) is 0 Å². The van der Waals surface area contributed by atoms with Crippen LogP contribution in [0, 0.1) is 0 Å². The molecule has 2 aromatic rings. The number of morpholine rings is 1. The summed E-state index contributed by atoms with van der Waals surface area (Å²) >= 11 is 0. The van der Waals surface area contributed by atoms with Gasteiger partial charge in [-0.2, -0.15) is 5.10 Å². The molecule has 0 amide bonds. The fourth-order valence-electron chi connectivity index (χ4n) is 2.29. The predicted molar refractivity (Wildman–Crippen MR) is 70.2 cm³/mol. The van der Waals surface area contributed by atoms with Crippen molar-refractivity contribution in [2.24, 2.45) is 7.05 Å². The second-order valence-corrected chi connectivity index (χ2v) is 4.51. The molecule has 2 heterocycles. The van der Waals surface area contributed by atoms with E-state index in [9.17, 15) is 0 Å². The largest absolute Gasteiger partial charge is 0.369 e. The van der Waals surface area contributed by atoms with E-state index in [1.165, 1.54) is 0 Å². The molecule has 1 atom stereocenters. The first-order valence-electron chi connectivity index (χ1n) is 6.26. The lowest BCUT2D eigenvalue weighted by molar-refractivity contribution is 0.0227. The summed E-state index contributed by atoms with van der Waals surface area (Å²) in [5, 5.41) is 7.91. The summed E-state index contributed by atoms with van der Waals surface area (Å²) in [6.45, 7) is 2.55. The van der Waals surface area contributed by atoms with Crippen molar-refractivity contribution >= 4 is 0 Å². The van der Waals surface area contributed by atoms with Crippen LogP contribution in [0.1, 0.15) is 11.8 Å². The molecule has 1 aromatic heterocycles. The summed E-state index contributed by atoms with van der Waals surface area (Å²) < 4.78 is 7.69. The first-order chi connectivity index (χ1) is 8.84. The maximum absolute atomic E-state index is 5.77. The van der Waals surface area contributed by atoms with Crippen molar-refractivity contribution < 1.29 is 4.74 Å². The van der Waals surface area contributed by atoms with Crippen LogP contribution < -0.4 is 5.32 Å². The van der Waals surface area contributed by atoms with Gasteiger partial charge >= 0.3 is 0 Å². The number of nitrogens with one attached hydrogen (secondary N) is 1. The lowest BCUT2D eigenvalue weighted by Gasteiger charge is -2.23. The molecule has 1 aromatic carbocycles. The fourth-order valence-corrected chi connectivity index (χ4v) is 2.29. The zero-order valence-electron chi connectivity index (χ0n) is 10.5. The Kier molecular flexibility index (Phi) is 3.13. The van der Waals surface area contributed by atoms with Gasteiger partial charge < -0.3 is 10.1 Å².